The predicted octanol–water partition coefficient (Wildman–Crippen LogP) is 3.75. The van der Waals surface area contributed by atoms with Crippen molar-refractivity contribution in [3.8, 4) is 5.19 Å². The first-order chi connectivity index (χ1) is 9.92. The molecule has 0 radical (unpaired) electrons. The maximum Gasteiger partial charge on any atom is 0.294 e. The lowest BCUT2D eigenvalue weighted by molar-refractivity contribution is 0.335. The summed E-state index contributed by atoms with van der Waals surface area (Å²) in [5.74, 6) is -0.343. The van der Waals surface area contributed by atoms with E-state index < -0.39 is 5.54 Å². The van der Waals surface area contributed by atoms with Crippen LogP contribution in [0, 0.1) is 5.82 Å². The Balaban J connectivity index is 2.06. The Labute approximate surface area is 132 Å². The van der Waals surface area contributed by atoms with Gasteiger partial charge in [-0.1, -0.05) is 29.0 Å². The topological polar surface area (TPSA) is 47.0 Å². The van der Waals surface area contributed by atoms with E-state index in [1.54, 1.807) is 6.07 Å². The first kappa shape index (κ1) is 16.1. The molecule has 7 heteroatoms. The molecule has 0 fully saturated rings. The fourth-order valence-corrected chi connectivity index (χ4v) is 2.97. The molecule has 0 saturated carbocycles. The molecule has 0 bridgehead atoms. The fraction of sp³-hybridized carbons (Fsp3) is 0.429. The zero-order chi connectivity index (χ0) is 15.5. The fourth-order valence-electron chi connectivity index (χ4n) is 1.88. The minimum Gasteiger partial charge on any atom is -0.469 e. The number of nitrogens with zero attached hydrogens (tertiary/aromatic N) is 2. The summed E-state index contributed by atoms with van der Waals surface area (Å²) in [6.45, 7) is 6.97. The van der Waals surface area contributed by atoms with Crippen LogP contribution < -0.4 is 10.1 Å². The summed E-state index contributed by atoms with van der Waals surface area (Å²) in [5, 5.41) is 13.1. The van der Waals surface area contributed by atoms with Crippen LogP contribution in [0.1, 0.15) is 31.3 Å². The number of hydrogen-bond donors (Lipinski definition) is 1. The van der Waals surface area contributed by atoms with Crippen LogP contribution >= 0.6 is 22.9 Å². The predicted molar refractivity (Wildman–Crippen MR) is 82.4 cm³/mol. The normalized spacial score (nSPS) is 11.7. The van der Waals surface area contributed by atoms with Crippen molar-refractivity contribution >= 4 is 22.9 Å². The molecule has 2 rings (SSSR count). The van der Waals surface area contributed by atoms with Crippen LogP contribution in [0.15, 0.2) is 18.2 Å². The van der Waals surface area contributed by atoms with Crippen molar-refractivity contribution in [1.82, 2.24) is 15.5 Å². The van der Waals surface area contributed by atoms with Gasteiger partial charge in [0.25, 0.3) is 5.19 Å². The molecule has 0 spiro atoms. The molecule has 1 heterocycles. The smallest absolute Gasteiger partial charge is 0.294 e. The SMILES string of the molecule is CCOc1nnc(CNC(C)(C)c2ccc(F)cc2Cl)s1. The molecular formula is C14H17ClFN3OS. The molecule has 1 N–H and O–H groups in total. The average molecular weight is 330 g/mol. The third-order valence-electron chi connectivity index (χ3n) is 3.00. The monoisotopic (exact) mass is 329 g/mol. The van der Waals surface area contributed by atoms with Crippen molar-refractivity contribution in [2.75, 3.05) is 6.61 Å². The van der Waals surface area contributed by atoms with Gasteiger partial charge >= 0.3 is 0 Å². The van der Waals surface area contributed by atoms with Gasteiger partial charge in [0.2, 0.25) is 0 Å². The van der Waals surface area contributed by atoms with Gasteiger partial charge in [0, 0.05) is 10.6 Å². The molecule has 2 aromatic rings. The molecule has 0 atom stereocenters. The molecule has 4 nitrogen and oxygen atoms in total. The van der Waals surface area contributed by atoms with Crippen molar-refractivity contribution in [2.24, 2.45) is 0 Å². The zero-order valence-electron chi connectivity index (χ0n) is 12.1. The van der Waals surface area contributed by atoms with Crippen LogP contribution in [0.5, 0.6) is 5.19 Å². The van der Waals surface area contributed by atoms with Crippen LogP contribution in [-0.4, -0.2) is 16.8 Å². The first-order valence-electron chi connectivity index (χ1n) is 6.58. The summed E-state index contributed by atoms with van der Waals surface area (Å²) in [6, 6.07) is 4.41. The van der Waals surface area contributed by atoms with E-state index in [9.17, 15) is 4.39 Å². The van der Waals surface area contributed by atoms with Crippen LogP contribution in [-0.2, 0) is 12.1 Å². The lowest BCUT2D eigenvalue weighted by Gasteiger charge is -2.27. The van der Waals surface area contributed by atoms with Crippen LogP contribution in [0.3, 0.4) is 0 Å². The van der Waals surface area contributed by atoms with E-state index >= 15 is 0 Å². The van der Waals surface area contributed by atoms with E-state index in [-0.39, 0.29) is 5.82 Å². The first-order valence-corrected chi connectivity index (χ1v) is 7.77. The Morgan fingerprint density at radius 3 is 2.81 bits per heavy atom. The molecule has 1 aromatic carbocycles. The van der Waals surface area contributed by atoms with Crippen molar-refractivity contribution in [3.63, 3.8) is 0 Å². The van der Waals surface area contributed by atoms with Gasteiger partial charge in [0.1, 0.15) is 10.8 Å². The van der Waals surface area contributed by atoms with Crippen molar-refractivity contribution < 1.29 is 9.13 Å². The average Bonchev–Trinajstić information content (AvgIpc) is 2.84. The molecule has 0 unspecified atom stereocenters. The van der Waals surface area contributed by atoms with E-state index in [1.807, 2.05) is 20.8 Å². The highest BCUT2D eigenvalue weighted by atomic mass is 35.5. The van der Waals surface area contributed by atoms with Gasteiger partial charge in [-0.25, -0.2) is 4.39 Å². The highest BCUT2D eigenvalue weighted by Crippen LogP contribution is 2.29. The molecular weight excluding hydrogens is 313 g/mol. The third-order valence-corrected chi connectivity index (χ3v) is 4.15. The molecule has 0 saturated heterocycles. The second-order valence-corrected chi connectivity index (χ2v) is 6.43. The van der Waals surface area contributed by atoms with Gasteiger partial charge in [-0.15, -0.1) is 10.2 Å². The lowest BCUT2D eigenvalue weighted by Crippen LogP contribution is -2.36. The number of rotatable bonds is 6. The van der Waals surface area contributed by atoms with Crippen LogP contribution in [0.25, 0.3) is 0 Å². The molecule has 0 aliphatic carbocycles. The summed E-state index contributed by atoms with van der Waals surface area (Å²) in [7, 11) is 0. The van der Waals surface area contributed by atoms with Gasteiger partial charge in [-0.3, -0.25) is 0 Å². The van der Waals surface area contributed by atoms with Gasteiger partial charge in [0.15, 0.2) is 0 Å². The summed E-state index contributed by atoms with van der Waals surface area (Å²) >= 11 is 7.52. The van der Waals surface area contributed by atoms with Crippen LogP contribution in [0.2, 0.25) is 5.02 Å². The highest BCUT2D eigenvalue weighted by molar-refractivity contribution is 7.13. The summed E-state index contributed by atoms with van der Waals surface area (Å²) < 4.78 is 18.4. The number of nitrogens with one attached hydrogen (secondary N) is 1. The van der Waals surface area contributed by atoms with Crippen molar-refractivity contribution in [2.45, 2.75) is 32.9 Å². The standard InChI is InChI=1S/C14H17ClFN3OS/c1-4-20-13-19-18-12(21-13)8-17-14(2,3)10-6-5-9(16)7-11(10)15/h5-7,17H,4,8H2,1-3H3. The molecule has 0 aliphatic heterocycles. The number of halogens is 2. The summed E-state index contributed by atoms with van der Waals surface area (Å²) in [5.41, 5.74) is 0.419. The van der Waals surface area contributed by atoms with E-state index in [2.05, 4.69) is 15.5 Å². The third kappa shape index (κ3) is 4.12. The number of ether oxygens (including phenoxy) is 1. The molecule has 21 heavy (non-hydrogen) atoms. The molecule has 114 valence electrons. The Morgan fingerprint density at radius 1 is 1.38 bits per heavy atom. The minimum atomic E-state index is -0.414. The van der Waals surface area contributed by atoms with Gasteiger partial charge in [0.05, 0.1) is 13.2 Å². The molecule has 0 aliphatic rings. The van der Waals surface area contributed by atoms with E-state index in [4.69, 9.17) is 16.3 Å². The molecule has 1 aromatic heterocycles. The van der Waals surface area contributed by atoms with Crippen molar-refractivity contribution in [3.05, 3.63) is 39.6 Å². The Bertz CT molecular complexity index is 618. The van der Waals surface area contributed by atoms with Gasteiger partial charge < -0.3 is 10.1 Å². The summed E-state index contributed by atoms with van der Waals surface area (Å²) in [4.78, 5) is 0. The van der Waals surface area contributed by atoms with Crippen LogP contribution in [0.4, 0.5) is 4.39 Å². The zero-order valence-corrected chi connectivity index (χ0v) is 13.7. The van der Waals surface area contributed by atoms with E-state index in [1.165, 1.54) is 23.5 Å². The van der Waals surface area contributed by atoms with E-state index in [0.717, 1.165) is 10.6 Å². The Hall–Kier alpha value is -1.24. The minimum absolute atomic E-state index is 0.343. The van der Waals surface area contributed by atoms with Crippen molar-refractivity contribution in [1.29, 1.82) is 0 Å². The quantitative estimate of drug-likeness (QED) is 0.876. The van der Waals surface area contributed by atoms with Gasteiger partial charge in [-0.05, 0) is 38.5 Å². The lowest BCUT2D eigenvalue weighted by atomic mass is 9.94. The maximum absolute atomic E-state index is 13.1. The Morgan fingerprint density at radius 2 is 2.14 bits per heavy atom. The second kappa shape index (κ2) is 6.68. The van der Waals surface area contributed by atoms with Gasteiger partial charge in [-0.2, -0.15) is 0 Å². The number of hydrogen-bond acceptors (Lipinski definition) is 5. The maximum atomic E-state index is 13.1. The number of aromatic nitrogens is 2. The second-order valence-electron chi connectivity index (χ2n) is 5.00. The van der Waals surface area contributed by atoms with E-state index in [0.29, 0.717) is 23.4 Å². The highest BCUT2D eigenvalue weighted by Gasteiger charge is 2.23. The largest absolute Gasteiger partial charge is 0.469 e. The Kier molecular flexibility index (Phi) is 5.13. The summed E-state index contributed by atoms with van der Waals surface area (Å²) in [6.07, 6.45) is 0. The number of benzene rings is 1. The molecule has 0 amide bonds.